The number of phenolic OH excluding ortho intramolecular Hbond substituents is 1. The molecule has 0 radical (unpaired) electrons. The lowest BCUT2D eigenvalue weighted by molar-refractivity contribution is -0.906. The van der Waals surface area contributed by atoms with Crippen molar-refractivity contribution in [2.45, 2.75) is 31.7 Å². The molecule has 0 aromatic heterocycles. The molecule has 0 bridgehead atoms. The van der Waals surface area contributed by atoms with Crippen molar-refractivity contribution in [1.29, 1.82) is 0 Å². The normalized spacial score (nSPS) is 20.7. The van der Waals surface area contributed by atoms with Gasteiger partial charge in [0.05, 0.1) is 24.5 Å². The Morgan fingerprint density at radius 3 is 2.57 bits per heavy atom. The number of fused-ring (bicyclic) bond motifs is 1. The monoisotopic (exact) mass is 351 g/mol. The van der Waals surface area contributed by atoms with E-state index in [2.05, 4.69) is 44.3 Å². The van der Waals surface area contributed by atoms with Crippen LogP contribution in [0, 0.1) is 0 Å². The maximum atomic E-state index is 9.93. The number of rotatable bonds is 4. The fourth-order valence-corrected chi connectivity index (χ4v) is 3.94. The Morgan fingerprint density at radius 2 is 1.91 bits per heavy atom. The zero-order valence-electron chi connectivity index (χ0n) is 13.5. The fraction of sp³-hybridized carbons (Fsp3) is 0.368. The molecular weight excluding hydrogens is 329 g/mol. The van der Waals surface area contributed by atoms with E-state index in [-0.39, 0.29) is 18.2 Å². The van der Waals surface area contributed by atoms with Crippen LogP contribution in [-0.2, 0) is 6.42 Å². The fourth-order valence-electron chi connectivity index (χ4n) is 3.77. The van der Waals surface area contributed by atoms with E-state index in [0.717, 1.165) is 13.0 Å². The number of nitrogens with one attached hydrogen (secondary N) is 1. The van der Waals surface area contributed by atoms with Gasteiger partial charge in [-0.25, -0.2) is 0 Å². The van der Waals surface area contributed by atoms with E-state index in [9.17, 15) is 5.11 Å². The third-order valence-corrected chi connectivity index (χ3v) is 5.12. The third-order valence-electron chi connectivity index (χ3n) is 4.82. The summed E-state index contributed by atoms with van der Waals surface area (Å²) in [6.07, 6.45) is 2.16. The van der Waals surface area contributed by atoms with Crippen molar-refractivity contribution in [2.24, 2.45) is 0 Å². The van der Waals surface area contributed by atoms with Gasteiger partial charge in [0.25, 0.3) is 0 Å². The summed E-state index contributed by atoms with van der Waals surface area (Å²) in [4.78, 5) is 1.54. The minimum atomic E-state index is 0. The Labute approximate surface area is 149 Å². The van der Waals surface area contributed by atoms with Crippen molar-refractivity contribution in [3.05, 3.63) is 64.2 Å². The van der Waals surface area contributed by atoms with Crippen LogP contribution < -0.4 is 17.3 Å². The van der Waals surface area contributed by atoms with Crippen molar-refractivity contribution in [3.8, 4) is 5.75 Å². The molecule has 3 rings (SSSR count). The van der Waals surface area contributed by atoms with Gasteiger partial charge in [-0.05, 0) is 35.2 Å². The summed E-state index contributed by atoms with van der Waals surface area (Å²) in [5, 5.41) is 10.4. The summed E-state index contributed by atoms with van der Waals surface area (Å²) >= 11 is 6.18. The SMILES string of the molecule is CCC[NH+](C)[C@@H]1Cc2cc(O)c(Cl)cc2[C@H]1c1ccccc1.[Cl-]. The number of benzene rings is 2. The molecule has 1 aliphatic rings. The summed E-state index contributed by atoms with van der Waals surface area (Å²) in [6, 6.07) is 15.0. The minimum absolute atomic E-state index is 0. The minimum Gasteiger partial charge on any atom is -1.00 e. The molecule has 4 heteroatoms. The Morgan fingerprint density at radius 1 is 1.22 bits per heavy atom. The molecular formula is C19H23Cl2NO. The van der Waals surface area contributed by atoms with Crippen LogP contribution in [0.2, 0.25) is 5.02 Å². The molecule has 0 spiro atoms. The predicted molar refractivity (Wildman–Crippen MR) is 90.9 cm³/mol. The largest absolute Gasteiger partial charge is 1.00 e. The second-order valence-electron chi connectivity index (χ2n) is 6.30. The lowest BCUT2D eigenvalue weighted by Gasteiger charge is -2.27. The van der Waals surface area contributed by atoms with E-state index in [1.807, 2.05) is 12.1 Å². The number of phenols is 1. The maximum absolute atomic E-state index is 9.93. The predicted octanol–water partition coefficient (Wildman–Crippen LogP) is 0.0309. The molecule has 1 unspecified atom stereocenters. The molecule has 2 aromatic carbocycles. The van der Waals surface area contributed by atoms with Gasteiger partial charge in [-0.1, -0.05) is 48.9 Å². The van der Waals surface area contributed by atoms with Gasteiger partial charge in [0.1, 0.15) is 11.8 Å². The number of halogens is 2. The van der Waals surface area contributed by atoms with Gasteiger partial charge in [0.15, 0.2) is 0 Å². The summed E-state index contributed by atoms with van der Waals surface area (Å²) in [7, 11) is 2.28. The molecule has 124 valence electrons. The van der Waals surface area contributed by atoms with E-state index >= 15 is 0 Å². The highest BCUT2D eigenvalue weighted by molar-refractivity contribution is 6.32. The molecule has 23 heavy (non-hydrogen) atoms. The first-order valence-corrected chi connectivity index (χ1v) is 8.38. The standard InChI is InChI=1S/C19H22ClNO.ClH/c1-3-9-21(2)17-10-14-11-18(22)16(20)12-15(14)19(17)13-7-5-4-6-8-13;/h4-8,11-12,17,19,22H,3,9-10H2,1-2H3;1H/t17-,19-;/m1./s1. The van der Waals surface area contributed by atoms with Gasteiger partial charge in [-0.3, -0.25) is 0 Å². The lowest BCUT2D eigenvalue weighted by atomic mass is 9.89. The van der Waals surface area contributed by atoms with Crippen molar-refractivity contribution in [1.82, 2.24) is 0 Å². The summed E-state index contributed by atoms with van der Waals surface area (Å²) in [6.45, 7) is 3.38. The van der Waals surface area contributed by atoms with Gasteiger partial charge in [0, 0.05) is 6.42 Å². The molecule has 2 nitrogen and oxygen atoms in total. The molecule has 0 saturated heterocycles. The first kappa shape index (κ1) is 18.1. The van der Waals surface area contributed by atoms with E-state index in [0.29, 0.717) is 17.0 Å². The quantitative estimate of drug-likeness (QED) is 0.798. The lowest BCUT2D eigenvalue weighted by Crippen LogP contribution is -3.13. The molecule has 0 aliphatic heterocycles. The molecule has 0 saturated carbocycles. The maximum Gasteiger partial charge on any atom is 0.134 e. The van der Waals surface area contributed by atoms with Crippen LogP contribution in [0.3, 0.4) is 0 Å². The van der Waals surface area contributed by atoms with Gasteiger partial charge >= 0.3 is 0 Å². The Hall–Kier alpha value is -1.22. The van der Waals surface area contributed by atoms with Crippen LogP contribution in [0.5, 0.6) is 5.75 Å². The molecule has 0 fully saturated rings. The van der Waals surface area contributed by atoms with E-state index in [1.54, 1.807) is 4.90 Å². The first-order chi connectivity index (χ1) is 10.6. The van der Waals surface area contributed by atoms with Crippen molar-refractivity contribution < 1.29 is 22.4 Å². The number of quaternary nitrogens is 1. The highest BCUT2D eigenvalue weighted by Gasteiger charge is 2.39. The van der Waals surface area contributed by atoms with E-state index < -0.39 is 0 Å². The van der Waals surface area contributed by atoms with Crippen LogP contribution in [0.1, 0.15) is 36.0 Å². The molecule has 3 atom stereocenters. The highest BCUT2D eigenvalue weighted by atomic mass is 35.5. The van der Waals surface area contributed by atoms with Crippen LogP contribution in [0.15, 0.2) is 42.5 Å². The molecule has 2 N–H and O–H groups in total. The average molecular weight is 352 g/mol. The highest BCUT2D eigenvalue weighted by Crippen LogP contribution is 2.41. The van der Waals surface area contributed by atoms with E-state index in [1.165, 1.54) is 23.1 Å². The smallest absolute Gasteiger partial charge is 0.134 e. The summed E-state index contributed by atoms with van der Waals surface area (Å²) < 4.78 is 0. The summed E-state index contributed by atoms with van der Waals surface area (Å²) in [5.74, 6) is 0.543. The van der Waals surface area contributed by atoms with Gasteiger partial charge in [-0.15, -0.1) is 0 Å². The zero-order chi connectivity index (χ0) is 15.7. The van der Waals surface area contributed by atoms with Crippen molar-refractivity contribution >= 4 is 11.6 Å². The van der Waals surface area contributed by atoms with E-state index in [4.69, 9.17) is 11.6 Å². The van der Waals surface area contributed by atoms with Gasteiger partial charge < -0.3 is 22.4 Å². The first-order valence-electron chi connectivity index (χ1n) is 8.00. The Kier molecular flexibility index (Phi) is 5.96. The van der Waals surface area contributed by atoms with Gasteiger partial charge in [-0.2, -0.15) is 0 Å². The van der Waals surface area contributed by atoms with Crippen LogP contribution in [0.25, 0.3) is 0 Å². The average Bonchev–Trinajstić information content (AvgIpc) is 2.87. The third kappa shape index (κ3) is 3.50. The van der Waals surface area contributed by atoms with Crippen LogP contribution in [-0.4, -0.2) is 24.7 Å². The molecule has 1 aliphatic carbocycles. The number of hydrogen-bond donors (Lipinski definition) is 2. The number of hydrogen-bond acceptors (Lipinski definition) is 1. The van der Waals surface area contributed by atoms with Crippen LogP contribution in [0.4, 0.5) is 0 Å². The second kappa shape index (κ2) is 7.57. The van der Waals surface area contributed by atoms with Gasteiger partial charge in [0.2, 0.25) is 0 Å². The molecule has 0 heterocycles. The second-order valence-corrected chi connectivity index (χ2v) is 6.70. The number of likely N-dealkylation sites (N-methyl/N-ethyl adjacent to an activating group) is 1. The number of aromatic hydroxyl groups is 1. The van der Waals surface area contributed by atoms with Crippen molar-refractivity contribution in [2.75, 3.05) is 13.6 Å². The summed E-state index contributed by atoms with van der Waals surface area (Å²) in [5.41, 5.74) is 3.84. The molecule has 0 amide bonds. The zero-order valence-corrected chi connectivity index (χ0v) is 15.0. The van der Waals surface area contributed by atoms with Crippen LogP contribution >= 0.6 is 11.6 Å². The topological polar surface area (TPSA) is 24.7 Å². The Balaban J connectivity index is 0.00000192. The molecule has 2 aromatic rings. The Bertz CT molecular complexity index is 660. The van der Waals surface area contributed by atoms with Crippen molar-refractivity contribution in [3.63, 3.8) is 0 Å².